The molecule has 0 aliphatic heterocycles. The summed E-state index contributed by atoms with van der Waals surface area (Å²) in [6, 6.07) is 5.46. The Morgan fingerprint density at radius 2 is 2.21 bits per heavy atom. The van der Waals surface area contributed by atoms with Crippen LogP contribution in [0.15, 0.2) is 18.2 Å². The summed E-state index contributed by atoms with van der Waals surface area (Å²) < 4.78 is 5.11. The predicted octanol–water partition coefficient (Wildman–Crippen LogP) is 2.15. The number of ether oxygens (including phenoxy) is 1. The highest BCUT2D eigenvalue weighted by molar-refractivity contribution is 5.50. The van der Waals surface area contributed by atoms with Crippen molar-refractivity contribution in [1.82, 2.24) is 0 Å². The summed E-state index contributed by atoms with van der Waals surface area (Å²) in [5.74, 6) is 0.329. The lowest BCUT2D eigenvalue weighted by atomic mass is 10.2. The van der Waals surface area contributed by atoms with Crippen LogP contribution < -0.4 is 5.32 Å². The van der Waals surface area contributed by atoms with E-state index in [1.807, 2.05) is 26.0 Å². The molecule has 1 aromatic carbocycles. The summed E-state index contributed by atoms with van der Waals surface area (Å²) in [5, 5.41) is 12.5. The molecule has 3 nitrogen and oxygen atoms in total. The number of phenols is 1. The highest BCUT2D eigenvalue weighted by Gasteiger charge is 2.00. The van der Waals surface area contributed by atoms with Gasteiger partial charge in [0.25, 0.3) is 0 Å². The molecule has 1 atom stereocenters. The number of aromatic hydroxyl groups is 1. The van der Waals surface area contributed by atoms with E-state index in [0.717, 1.165) is 17.8 Å². The van der Waals surface area contributed by atoms with Crippen LogP contribution in [0.4, 0.5) is 5.69 Å². The zero-order valence-electron chi connectivity index (χ0n) is 8.87. The molecule has 78 valence electrons. The Morgan fingerprint density at radius 3 is 2.79 bits per heavy atom. The molecule has 0 saturated heterocycles. The van der Waals surface area contributed by atoms with E-state index in [1.165, 1.54) is 0 Å². The molecule has 0 saturated carbocycles. The second-order valence-corrected chi connectivity index (χ2v) is 3.43. The minimum absolute atomic E-state index is 0.184. The molecule has 0 aliphatic carbocycles. The Morgan fingerprint density at radius 1 is 1.50 bits per heavy atom. The molecular formula is C11H17NO2. The van der Waals surface area contributed by atoms with Gasteiger partial charge >= 0.3 is 0 Å². The Bertz CT molecular complexity index is 299. The monoisotopic (exact) mass is 195 g/mol. The van der Waals surface area contributed by atoms with Gasteiger partial charge in [-0.05, 0) is 37.6 Å². The predicted molar refractivity (Wildman–Crippen MR) is 57.8 cm³/mol. The second kappa shape index (κ2) is 4.86. The van der Waals surface area contributed by atoms with Crippen molar-refractivity contribution in [2.45, 2.75) is 20.0 Å². The molecule has 1 unspecified atom stereocenters. The van der Waals surface area contributed by atoms with E-state index in [2.05, 4.69) is 5.32 Å². The van der Waals surface area contributed by atoms with E-state index in [9.17, 15) is 5.11 Å². The van der Waals surface area contributed by atoms with Gasteiger partial charge in [0, 0.05) is 19.3 Å². The number of anilines is 1. The van der Waals surface area contributed by atoms with Crippen molar-refractivity contribution in [3.05, 3.63) is 23.8 Å². The quantitative estimate of drug-likeness (QED) is 0.723. The third-order valence-corrected chi connectivity index (χ3v) is 2.19. The molecule has 0 aromatic heterocycles. The molecule has 14 heavy (non-hydrogen) atoms. The van der Waals surface area contributed by atoms with Crippen molar-refractivity contribution in [2.75, 3.05) is 19.0 Å². The van der Waals surface area contributed by atoms with Crippen LogP contribution in [0.5, 0.6) is 5.75 Å². The first-order chi connectivity index (χ1) is 6.63. The van der Waals surface area contributed by atoms with Crippen LogP contribution in [0.1, 0.15) is 12.5 Å². The maximum absolute atomic E-state index is 9.31. The molecule has 0 spiro atoms. The number of rotatable bonds is 4. The van der Waals surface area contributed by atoms with Crippen molar-refractivity contribution in [1.29, 1.82) is 0 Å². The summed E-state index contributed by atoms with van der Waals surface area (Å²) in [6.45, 7) is 4.64. The summed E-state index contributed by atoms with van der Waals surface area (Å²) in [7, 11) is 1.69. The Hall–Kier alpha value is -1.22. The van der Waals surface area contributed by atoms with Gasteiger partial charge in [0.05, 0.1) is 6.10 Å². The lowest BCUT2D eigenvalue weighted by Gasteiger charge is -2.12. The number of methoxy groups -OCH3 is 1. The van der Waals surface area contributed by atoms with E-state index < -0.39 is 0 Å². The maximum Gasteiger partial charge on any atom is 0.118 e. The molecule has 3 heteroatoms. The largest absolute Gasteiger partial charge is 0.508 e. The Labute approximate surface area is 84.7 Å². The number of aryl methyl sites for hydroxylation is 1. The number of hydrogen-bond acceptors (Lipinski definition) is 3. The van der Waals surface area contributed by atoms with Crippen LogP contribution in [0.3, 0.4) is 0 Å². The first-order valence-corrected chi connectivity index (χ1v) is 4.69. The topological polar surface area (TPSA) is 41.5 Å². The van der Waals surface area contributed by atoms with Crippen molar-refractivity contribution >= 4 is 5.69 Å². The van der Waals surface area contributed by atoms with Crippen molar-refractivity contribution in [2.24, 2.45) is 0 Å². The van der Waals surface area contributed by atoms with Gasteiger partial charge in [-0.25, -0.2) is 0 Å². The highest BCUT2D eigenvalue weighted by atomic mass is 16.5. The Kier molecular flexibility index (Phi) is 3.77. The Balaban J connectivity index is 2.55. The number of hydrogen-bond donors (Lipinski definition) is 2. The van der Waals surface area contributed by atoms with Crippen LogP contribution in [-0.2, 0) is 4.74 Å². The van der Waals surface area contributed by atoms with Crippen LogP contribution in [-0.4, -0.2) is 24.9 Å². The fourth-order valence-corrected chi connectivity index (χ4v) is 1.11. The average molecular weight is 195 g/mol. The summed E-state index contributed by atoms with van der Waals surface area (Å²) >= 11 is 0. The molecule has 0 fully saturated rings. The lowest BCUT2D eigenvalue weighted by molar-refractivity contribution is 0.129. The fourth-order valence-electron chi connectivity index (χ4n) is 1.11. The zero-order valence-corrected chi connectivity index (χ0v) is 8.87. The highest BCUT2D eigenvalue weighted by Crippen LogP contribution is 2.19. The molecule has 0 amide bonds. The normalized spacial score (nSPS) is 12.5. The third kappa shape index (κ3) is 2.92. The molecule has 0 aliphatic rings. The van der Waals surface area contributed by atoms with Gasteiger partial charge in [-0.3, -0.25) is 0 Å². The van der Waals surface area contributed by atoms with Gasteiger partial charge < -0.3 is 15.2 Å². The van der Waals surface area contributed by atoms with Gasteiger partial charge in [0.1, 0.15) is 5.75 Å². The molecule has 2 N–H and O–H groups in total. The third-order valence-electron chi connectivity index (χ3n) is 2.19. The summed E-state index contributed by atoms with van der Waals surface area (Å²) in [4.78, 5) is 0. The zero-order chi connectivity index (χ0) is 10.6. The first kappa shape index (κ1) is 10.9. The van der Waals surface area contributed by atoms with Gasteiger partial charge in [-0.1, -0.05) is 0 Å². The van der Waals surface area contributed by atoms with E-state index in [-0.39, 0.29) is 6.10 Å². The lowest BCUT2D eigenvalue weighted by Crippen LogP contribution is -2.17. The van der Waals surface area contributed by atoms with Gasteiger partial charge in [0.15, 0.2) is 0 Å². The first-order valence-electron chi connectivity index (χ1n) is 4.69. The van der Waals surface area contributed by atoms with E-state index in [4.69, 9.17) is 4.74 Å². The SMILES string of the molecule is COC(C)CNc1ccc(O)c(C)c1. The minimum atomic E-state index is 0.184. The summed E-state index contributed by atoms with van der Waals surface area (Å²) in [5.41, 5.74) is 1.88. The fraction of sp³-hybridized carbons (Fsp3) is 0.455. The number of benzene rings is 1. The standard InChI is InChI=1S/C11H17NO2/c1-8-6-10(4-5-11(8)13)12-7-9(2)14-3/h4-6,9,12-13H,7H2,1-3H3. The average Bonchev–Trinajstić information content (AvgIpc) is 2.19. The number of nitrogens with one attached hydrogen (secondary N) is 1. The minimum Gasteiger partial charge on any atom is -0.508 e. The molecular weight excluding hydrogens is 178 g/mol. The van der Waals surface area contributed by atoms with Crippen molar-refractivity contribution in [3.8, 4) is 5.75 Å². The molecule has 1 aromatic rings. The van der Waals surface area contributed by atoms with Gasteiger partial charge in [0.2, 0.25) is 0 Å². The molecule has 0 heterocycles. The van der Waals surface area contributed by atoms with Crippen molar-refractivity contribution < 1.29 is 9.84 Å². The molecule has 0 bridgehead atoms. The van der Waals surface area contributed by atoms with Crippen LogP contribution in [0, 0.1) is 6.92 Å². The molecule has 1 rings (SSSR count). The van der Waals surface area contributed by atoms with Crippen molar-refractivity contribution in [3.63, 3.8) is 0 Å². The van der Waals surface area contributed by atoms with E-state index in [1.54, 1.807) is 13.2 Å². The second-order valence-electron chi connectivity index (χ2n) is 3.43. The van der Waals surface area contributed by atoms with E-state index in [0.29, 0.717) is 5.75 Å². The van der Waals surface area contributed by atoms with Gasteiger partial charge in [-0.15, -0.1) is 0 Å². The van der Waals surface area contributed by atoms with E-state index >= 15 is 0 Å². The van der Waals surface area contributed by atoms with Gasteiger partial charge in [-0.2, -0.15) is 0 Å². The summed E-state index contributed by atoms with van der Waals surface area (Å²) in [6.07, 6.45) is 0.184. The smallest absolute Gasteiger partial charge is 0.118 e. The van der Waals surface area contributed by atoms with Crippen LogP contribution in [0.25, 0.3) is 0 Å². The van der Waals surface area contributed by atoms with Crippen LogP contribution in [0.2, 0.25) is 0 Å². The maximum atomic E-state index is 9.31. The van der Waals surface area contributed by atoms with Crippen LogP contribution >= 0.6 is 0 Å². The number of phenolic OH excluding ortho intramolecular Hbond substituents is 1. The molecule has 0 radical (unpaired) electrons.